The van der Waals surface area contributed by atoms with E-state index in [-0.39, 0.29) is 23.2 Å². The van der Waals surface area contributed by atoms with Crippen LogP contribution in [0.4, 0.5) is 17.5 Å². The Bertz CT molecular complexity index is 1140. The fraction of sp³-hybridized carbons (Fsp3) is 0.318. The van der Waals surface area contributed by atoms with Gasteiger partial charge in [0, 0.05) is 18.1 Å². The van der Waals surface area contributed by atoms with E-state index in [1.54, 1.807) is 41.3 Å². The first-order valence-electron chi connectivity index (χ1n) is 10.6. The van der Waals surface area contributed by atoms with Gasteiger partial charge in [0.05, 0.1) is 5.69 Å². The van der Waals surface area contributed by atoms with Crippen LogP contribution in [0.15, 0.2) is 47.5 Å². The molecule has 0 bridgehead atoms. The molecule has 0 saturated carbocycles. The summed E-state index contributed by atoms with van der Waals surface area (Å²) in [5.41, 5.74) is 11.1. The number of rotatable bonds is 9. The van der Waals surface area contributed by atoms with Gasteiger partial charge in [-0.05, 0) is 36.6 Å². The van der Waals surface area contributed by atoms with Crippen molar-refractivity contribution in [2.24, 2.45) is 17.4 Å². The van der Waals surface area contributed by atoms with Gasteiger partial charge in [-0.15, -0.1) is 0 Å². The second kappa shape index (κ2) is 11.5. The Labute approximate surface area is 191 Å². The highest BCUT2D eigenvalue weighted by Crippen LogP contribution is 2.21. The molecular weight excluding hydrogens is 424 g/mol. The largest absolute Gasteiger partial charge is 0.368 e. The minimum atomic E-state index is -0.945. The molecule has 3 aromatic rings. The van der Waals surface area contributed by atoms with Gasteiger partial charge < -0.3 is 22.1 Å². The maximum atomic E-state index is 12.5. The van der Waals surface area contributed by atoms with Crippen LogP contribution < -0.4 is 27.7 Å². The smallest absolute Gasteiger partial charge is 0.267 e. The summed E-state index contributed by atoms with van der Waals surface area (Å²) >= 11 is 0. The standard InChI is InChI=1S/C20H24N8O3.C2H6/c1-11(2)9-14(16(21)29)25-20-26-18(15(17(22)30)19(31)27-20)24-12-5-3-6-13(10-12)28-8-4-7-23-28;1-2/h3-8,10-11,14H,9H2,1-2H3,(H2,21,29)(H2,22,30)(H3,24,25,26,27,31);1-2H3. The highest BCUT2D eigenvalue weighted by Gasteiger charge is 2.21. The molecule has 0 aliphatic heterocycles. The topological polar surface area (TPSA) is 174 Å². The Kier molecular flexibility index (Phi) is 8.72. The van der Waals surface area contributed by atoms with E-state index in [9.17, 15) is 14.4 Å². The fourth-order valence-corrected chi connectivity index (χ4v) is 3.03. The number of hydrogen-bond donors (Lipinski definition) is 5. The van der Waals surface area contributed by atoms with Crippen molar-refractivity contribution in [1.29, 1.82) is 0 Å². The van der Waals surface area contributed by atoms with E-state index in [4.69, 9.17) is 11.5 Å². The van der Waals surface area contributed by atoms with Crippen LogP contribution in [0.25, 0.3) is 5.69 Å². The molecule has 0 radical (unpaired) electrons. The number of anilines is 3. The van der Waals surface area contributed by atoms with E-state index in [1.807, 2.05) is 33.8 Å². The number of amides is 2. The lowest BCUT2D eigenvalue weighted by Crippen LogP contribution is -2.38. The van der Waals surface area contributed by atoms with E-state index in [0.717, 1.165) is 5.69 Å². The summed E-state index contributed by atoms with van der Waals surface area (Å²) in [5.74, 6) is -1.42. The Morgan fingerprint density at radius 1 is 1.18 bits per heavy atom. The van der Waals surface area contributed by atoms with E-state index in [1.165, 1.54) is 0 Å². The lowest BCUT2D eigenvalue weighted by atomic mass is 10.0. The van der Waals surface area contributed by atoms with Crippen molar-refractivity contribution in [3.8, 4) is 5.69 Å². The number of H-pyrrole nitrogens is 1. The fourth-order valence-electron chi connectivity index (χ4n) is 3.03. The van der Waals surface area contributed by atoms with Crippen LogP contribution >= 0.6 is 0 Å². The van der Waals surface area contributed by atoms with Crippen LogP contribution in [0.1, 0.15) is 44.5 Å². The molecule has 2 heterocycles. The summed E-state index contributed by atoms with van der Waals surface area (Å²) in [6.45, 7) is 7.87. The van der Waals surface area contributed by atoms with Crippen LogP contribution in [0.2, 0.25) is 0 Å². The molecule has 33 heavy (non-hydrogen) atoms. The minimum Gasteiger partial charge on any atom is -0.368 e. The predicted octanol–water partition coefficient (Wildman–Crippen LogP) is 2.14. The summed E-state index contributed by atoms with van der Waals surface area (Å²) in [6, 6.07) is 8.15. The molecule has 176 valence electrons. The average molecular weight is 455 g/mol. The maximum absolute atomic E-state index is 12.5. The number of nitrogens with two attached hydrogens (primary N) is 2. The van der Waals surface area contributed by atoms with Crippen molar-refractivity contribution < 1.29 is 9.59 Å². The lowest BCUT2D eigenvalue weighted by molar-refractivity contribution is -0.119. The molecule has 11 nitrogen and oxygen atoms in total. The van der Waals surface area contributed by atoms with Crippen molar-refractivity contribution in [2.75, 3.05) is 10.6 Å². The van der Waals surface area contributed by atoms with Crippen molar-refractivity contribution in [2.45, 2.75) is 40.2 Å². The van der Waals surface area contributed by atoms with Gasteiger partial charge in [-0.2, -0.15) is 10.1 Å². The van der Waals surface area contributed by atoms with Gasteiger partial charge in [-0.25, -0.2) is 4.68 Å². The van der Waals surface area contributed by atoms with Crippen LogP contribution in [0.3, 0.4) is 0 Å². The summed E-state index contributed by atoms with van der Waals surface area (Å²) in [6.07, 6.45) is 3.86. The lowest BCUT2D eigenvalue weighted by Gasteiger charge is -2.18. The molecule has 2 aromatic heterocycles. The molecule has 1 aromatic carbocycles. The second-order valence-corrected chi connectivity index (χ2v) is 7.36. The molecule has 3 rings (SSSR count). The Balaban J connectivity index is 0.00000187. The molecule has 0 saturated heterocycles. The van der Waals surface area contributed by atoms with Crippen molar-refractivity contribution >= 4 is 29.3 Å². The monoisotopic (exact) mass is 454 g/mol. The van der Waals surface area contributed by atoms with E-state index < -0.39 is 23.4 Å². The molecule has 11 heteroatoms. The van der Waals surface area contributed by atoms with Gasteiger partial charge in [0.1, 0.15) is 11.6 Å². The molecule has 0 spiro atoms. The number of aromatic nitrogens is 4. The van der Waals surface area contributed by atoms with Crippen LogP contribution in [0, 0.1) is 5.92 Å². The summed E-state index contributed by atoms with van der Waals surface area (Å²) in [4.78, 5) is 42.9. The quantitative estimate of drug-likeness (QED) is 0.329. The number of aromatic amines is 1. The molecule has 1 unspecified atom stereocenters. The number of primary amides is 2. The zero-order valence-electron chi connectivity index (χ0n) is 19.1. The third kappa shape index (κ3) is 6.66. The van der Waals surface area contributed by atoms with Gasteiger partial charge >= 0.3 is 0 Å². The zero-order valence-corrected chi connectivity index (χ0v) is 19.1. The van der Waals surface area contributed by atoms with Gasteiger partial charge in [-0.1, -0.05) is 33.8 Å². The van der Waals surface area contributed by atoms with Crippen molar-refractivity contribution in [1.82, 2.24) is 19.7 Å². The molecule has 0 aliphatic rings. The van der Waals surface area contributed by atoms with E-state index in [0.29, 0.717) is 12.1 Å². The van der Waals surface area contributed by atoms with Gasteiger partial charge in [0.25, 0.3) is 11.5 Å². The highest BCUT2D eigenvalue weighted by molar-refractivity contribution is 5.98. The van der Waals surface area contributed by atoms with Gasteiger partial charge in [-0.3, -0.25) is 19.4 Å². The normalized spacial score (nSPS) is 11.3. The predicted molar refractivity (Wildman–Crippen MR) is 128 cm³/mol. The van der Waals surface area contributed by atoms with E-state index >= 15 is 0 Å². The number of hydrogen-bond acceptors (Lipinski definition) is 7. The number of carbonyl (C=O) groups is 2. The SMILES string of the molecule is CC.CC(C)CC(Nc1nc(Nc2cccc(-n3cccn3)c2)c(C(N)=O)c(=O)[nH]1)C(N)=O. The highest BCUT2D eigenvalue weighted by atomic mass is 16.2. The third-order valence-electron chi connectivity index (χ3n) is 4.41. The minimum absolute atomic E-state index is 0.00909. The molecule has 2 amide bonds. The van der Waals surface area contributed by atoms with Crippen LogP contribution in [-0.2, 0) is 4.79 Å². The number of nitrogens with one attached hydrogen (secondary N) is 3. The first-order valence-corrected chi connectivity index (χ1v) is 10.6. The van der Waals surface area contributed by atoms with E-state index in [2.05, 4.69) is 25.7 Å². The second-order valence-electron chi connectivity index (χ2n) is 7.36. The summed E-state index contributed by atoms with van der Waals surface area (Å²) in [5, 5.41) is 9.95. The first-order chi connectivity index (χ1) is 15.7. The molecule has 0 fully saturated rings. The van der Waals surface area contributed by atoms with Crippen LogP contribution in [-0.4, -0.2) is 37.6 Å². The number of carbonyl (C=O) groups excluding carboxylic acids is 2. The number of nitrogens with zero attached hydrogens (tertiary/aromatic N) is 3. The van der Waals surface area contributed by atoms with Gasteiger partial charge in [0.2, 0.25) is 11.9 Å². The first kappa shape index (κ1) is 25.1. The Morgan fingerprint density at radius 2 is 1.91 bits per heavy atom. The van der Waals surface area contributed by atoms with Crippen molar-refractivity contribution in [3.05, 3.63) is 58.6 Å². The molecular formula is C22H30N8O3. The molecule has 7 N–H and O–H groups in total. The summed E-state index contributed by atoms with van der Waals surface area (Å²) in [7, 11) is 0. The van der Waals surface area contributed by atoms with Crippen molar-refractivity contribution in [3.63, 3.8) is 0 Å². The van der Waals surface area contributed by atoms with Gasteiger partial charge in [0.15, 0.2) is 5.82 Å². The Morgan fingerprint density at radius 3 is 2.48 bits per heavy atom. The number of benzene rings is 1. The van der Waals surface area contributed by atoms with Crippen LogP contribution in [0.5, 0.6) is 0 Å². The molecule has 0 aliphatic carbocycles. The molecule has 1 atom stereocenters. The Hall–Kier alpha value is -4.15. The average Bonchev–Trinajstić information content (AvgIpc) is 3.29. The maximum Gasteiger partial charge on any atom is 0.267 e. The zero-order chi connectivity index (χ0) is 24.5. The third-order valence-corrected chi connectivity index (χ3v) is 4.41. The summed E-state index contributed by atoms with van der Waals surface area (Å²) < 4.78 is 1.65.